The van der Waals surface area contributed by atoms with Crippen LogP contribution in [0.1, 0.15) is 30.3 Å². The van der Waals surface area contributed by atoms with Crippen molar-refractivity contribution in [2.75, 3.05) is 13.7 Å². The molecule has 0 radical (unpaired) electrons. The zero-order valence-electron chi connectivity index (χ0n) is 15.3. The lowest BCUT2D eigenvalue weighted by Crippen LogP contribution is -2.55. The van der Waals surface area contributed by atoms with E-state index >= 15 is 0 Å². The minimum absolute atomic E-state index is 0.0458. The maximum atomic E-state index is 12.9. The van der Waals surface area contributed by atoms with E-state index in [4.69, 9.17) is 9.47 Å². The number of nitrogens with zero attached hydrogens (tertiary/aromatic N) is 2. The van der Waals surface area contributed by atoms with Crippen LogP contribution in [-0.2, 0) is 20.9 Å². The molecule has 2 heterocycles. The van der Waals surface area contributed by atoms with Gasteiger partial charge in [0.15, 0.2) is 6.10 Å². The molecule has 1 saturated heterocycles. The molecular weight excluding hydrogens is 366 g/mol. The van der Waals surface area contributed by atoms with Crippen LogP contribution >= 0.6 is 0 Å². The number of rotatable bonds is 6. The van der Waals surface area contributed by atoms with Crippen LogP contribution in [0.4, 0.5) is 0 Å². The molecule has 4 rings (SSSR count). The normalized spacial score (nSPS) is 22.2. The van der Waals surface area contributed by atoms with Crippen molar-refractivity contribution in [2.45, 2.75) is 37.6 Å². The fraction of sp³-hybridized carbons (Fsp3) is 0.444. The highest BCUT2D eigenvalue weighted by molar-refractivity contribution is 5.86. The molecular formula is C18H21N5O5. The lowest BCUT2D eigenvalue weighted by Gasteiger charge is -2.40. The number of benzene rings is 1. The standard InChI is InChI=1S/C18H21N5O5/c1-27-12-6-2-10(3-7-12)15-16(28-9-14(24)23(15)11-4-5-11)17(25)19-8-13-20-18(26)22-21-13/h2-3,6-7,11,15-16H,4-5,8-9H2,1H3,(H,19,25)(H2,20,21,22,26)/t15-,16+/m1/s1. The molecule has 2 amide bonds. The van der Waals surface area contributed by atoms with Gasteiger partial charge in [0.1, 0.15) is 18.2 Å². The summed E-state index contributed by atoms with van der Waals surface area (Å²) < 4.78 is 10.8. The lowest BCUT2D eigenvalue weighted by atomic mass is 9.96. The van der Waals surface area contributed by atoms with Crippen molar-refractivity contribution < 1.29 is 19.1 Å². The van der Waals surface area contributed by atoms with E-state index in [1.165, 1.54) is 0 Å². The molecule has 2 aromatic rings. The van der Waals surface area contributed by atoms with E-state index < -0.39 is 17.8 Å². The summed E-state index contributed by atoms with van der Waals surface area (Å²) in [5.74, 6) is 0.505. The van der Waals surface area contributed by atoms with E-state index in [1.807, 2.05) is 12.1 Å². The van der Waals surface area contributed by atoms with Crippen LogP contribution in [0.15, 0.2) is 29.1 Å². The Bertz CT molecular complexity index is 917. The first-order valence-electron chi connectivity index (χ1n) is 9.05. The maximum absolute atomic E-state index is 12.9. The smallest absolute Gasteiger partial charge is 0.340 e. The van der Waals surface area contributed by atoms with Crippen molar-refractivity contribution in [3.63, 3.8) is 0 Å². The second-order valence-electron chi connectivity index (χ2n) is 6.82. The Labute approximate surface area is 160 Å². The Kier molecular flexibility index (Phi) is 4.86. The van der Waals surface area contributed by atoms with Crippen molar-refractivity contribution in [1.29, 1.82) is 0 Å². The van der Waals surface area contributed by atoms with Crippen LogP contribution in [0.5, 0.6) is 5.75 Å². The van der Waals surface area contributed by atoms with Crippen LogP contribution < -0.4 is 15.7 Å². The number of carbonyl (C=O) groups is 2. The molecule has 0 unspecified atom stereocenters. The predicted molar refractivity (Wildman–Crippen MR) is 96.4 cm³/mol. The van der Waals surface area contributed by atoms with Gasteiger partial charge in [-0.1, -0.05) is 12.1 Å². The Morgan fingerprint density at radius 3 is 2.68 bits per heavy atom. The number of aromatic amines is 2. The number of H-pyrrole nitrogens is 2. The van der Waals surface area contributed by atoms with Gasteiger partial charge in [0.25, 0.3) is 5.91 Å². The quantitative estimate of drug-likeness (QED) is 0.632. The first-order chi connectivity index (χ1) is 13.6. The average Bonchev–Trinajstić information content (AvgIpc) is 3.46. The van der Waals surface area contributed by atoms with Crippen LogP contribution in [0, 0.1) is 0 Å². The van der Waals surface area contributed by atoms with Gasteiger partial charge in [0, 0.05) is 6.04 Å². The summed E-state index contributed by atoms with van der Waals surface area (Å²) in [6.07, 6.45) is 0.972. The number of ether oxygens (including phenoxy) is 2. The molecule has 3 N–H and O–H groups in total. The largest absolute Gasteiger partial charge is 0.497 e. The minimum Gasteiger partial charge on any atom is -0.497 e. The number of methoxy groups -OCH3 is 1. The van der Waals surface area contributed by atoms with Crippen molar-refractivity contribution in [3.05, 3.63) is 46.1 Å². The molecule has 1 aromatic carbocycles. The summed E-state index contributed by atoms with van der Waals surface area (Å²) in [6, 6.07) is 6.86. The SMILES string of the molecule is COc1ccc([C@@H]2[C@@H](C(=O)NCc3n[nH]c(=O)[nH]3)OCC(=O)N2C2CC2)cc1. The van der Waals surface area contributed by atoms with Crippen LogP contribution in [0.25, 0.3) is 0 Å². The number of amides is 2. The number of aromatic nitrogens is 3. The molecule has 2 atom stereocenters. The van der Waals surface area contributed by atoms with Gasteiger partial charge in [-0.3, -0.25) is 14.6 Å². The van der Waals surface area contributed by atoms with Gasteiger partial charge in [-0.2, -0.15) is 5.10 Å². The molecule has 148 valence electrons. The summed E-state index contributed by atoms with van der Waals surface area (Å²) >= 11 is 0. The van der Waals surface area contributed by atoms with Crippen molar-refractivity contribution in [1.82, 2.24) is 25.4 Å². The van der Waals surface area contributed by atoms with Gasteiger partial charge in [-0.15, -0.1) is 0 Å². The molecule has 2 aliphatic rings. The highest BCUT2D eigenvalue weighted by atomic mass is 16.5. The number of nitrogens with one attached hydrogen (secondary N) is 3. The molecule has 10 nitrogen and oxygen atoms in total. The summed E-state index contributed by atoms with van der Waals surface area (Å²) in [7, 11) is 1.58. The highest BCUT2D eigenvalue weighted by Gasteiger charge is 2.47. The fourth-order valence-electron chi connectivity index (χ4n) is 3.43. The molecule has 1 saturated carbocycles. The van der Waals surface area contributed by atoms with Crippen molar-refractivity contribution in [3.8, 4) is 5.75 Å². The van der Waals surface area contributed by atoms with Crippen LogP contribution in [0.3, 0.4) is 0 Å². The summed E-state index contributed by atoms with van der Waals surface area (Å²) in [5.41, 5.74) is 0.355. The molecule has 1 aliphatic carbocycles. The summed E-state index contributed by atoms with van der Waals surface area (Å²) in [5, 5.41) is 8.73. The second kappa shape index (κ2) is 7.47. The van der Waals surface area contributed by atoms with E-state index in [1.54, 1.807) is 24.1 Å². The van der Waals surface area contributed by atoms with Crippen molar-refractivity contribution in [2.24, 2.45) is 0 Å². The predicted octanol–water partition coefficient (Wildman–Crippen LogP) is -0.146. The summed E-state index contributed by atoms with van der Waals surface area (Å²) in [6.45, 7) is -0.0926. The fourth-order valence-corrected chi connectivity index (χ4v) is 3.43. The monoisotopic (exact) mass is 387 g/mol. The van der Waals surface area contributed by atoms with Gasteiger partial charge in [0.05, 0.1) is 19.7 Å². The first-order valence-corrected chi connectivity index (χ1v) is 9.05. The molecule has 28 heavy (non-hydrogen) atoms. The molecule has 1 aliphatic heterocycles. The van der Waals surface area contributed by atoms with Gasteiger partial charge >= 0.3 is 5.69 Å². The maximum Gasteiger partial charge on any atom is 0.340 e. The van der Waals surface area contributed by atoms with E-state index in [0.29, 0.717) is 11.6 Å². The average molecular weight is 387 g/mol. The van der Waals surface area contributed by atoms with E-state index in [0.717, 1.165) is 18.4 Å². The van der Waals surface area contributed by atoms with E-state index in [9.17, 15) is 14.4 Å². The topological polar surface area (TPSA) is 129 Å². The van der Waals surface area contributed by atoms with Gasteiger partial charge in [-0.05, 0) is 30.5 Å². The highest BCUT2D eigenvalue weighted by Crippen LogP contribution is 2.39. The first kappa shape index (κ1) is 18.2. The minimum atomic E-state index is -0.864. The Balaban J connectivity index is 1.58. The van der Waals surface area contributed by atoms with Crippen molar-refractivity contribution >= 4 is 11.8 Å². The second-order valence-corrected chi connectivity index (χ2v) is 6.82. The lowest BCUT2D eigenvalue weighted by molar-refractivity contribution is -0.165. The number of carbonyl (C=O) groups excluding carboxylic acids is 2. The molecule has 1 aromatic heterocycles. The third kappa shape index (κ3) is 3.63. The molecule has 0 spiro atoms. The third-order valence-electron chi connectivity index (χ3n) is 4.90. The Morgan fingerprint density at radius 2 is 2.07 bits per heavy atom. The van der Waals surface area contributed by atoms with Gasteiger partial charge in [-0.25, -0.2) is 9.89 Å². The number of hydrogen-bond donors (Lipinski definition) is 3. The molecule has 0 bridgehead atoms. The van der Waals surface area contributed by atoms with E-state index in [2.05, 4.69) is 20.5 Å². The zero-order chi connectivity index (χ0) is 19.7. The number of hydrogen-bond acceptors (Lipinski definition) is 6. The number of morpholine rings is 1. The third-order valence-corrected chi connectivity index (χ3v) is 4.90. The molecule has 2 fully saturated rings. The zero-order valence-corrected chi connectivity index (χ0v) is 15.3. The van der Waals surface area contributed by atoms with E-state index in [-0.39, 0.29) is 31.0 Å². The Hall–Kier alpha value is -3.14. The van der Waals surface area contributed by atoms with Crippen LogP contribution in [0.2, 0.25) is 0 Å². The molecule has 10 heteroatoms. The van der Waals surface area contributed by atoms with Crippen LogP contribution in [-0.4, -0.2) is 57.8 Å². The van der Waals surface area contributed by atoms with Gasteiger partial charge < -0.3 is 19.7 Å². The van der Waals surface area contributed by atoms with Gasteiger partial charge in [0.2, 0.25) is 5.91 Å². The Morgan fingerprint density at radius 1 is 1.32 bits per heavy atom. The summed E-state index contributed by atoms with van der Waals surface area (Å²) in [4.78, 5) is 40.7.